The van der Waals surface area contributed by atoms with Gasteiger partial charge in [0.25, 0.3) is 0 Å². The number of nitrogens with zero attached hydrogens (tertiary/aromatic N) is 1. The minimum absolute atomic E-state index is 0.0438. The van der Waals surface area contributed by atoms with Gasteiger partial charge in [-0.1, -0.05) is 0 Å². The van der Waals surface area contributed by atoms with Crippen LogP contribution in [0.4, 0.5) is 0 Å². The molecular weight excluding hydrogens is 146 g/mol. The molecule has 3 fully saturated rings. The van der Waals surface area contributed by atoms with Crippen LogP contribution in [0.15, 0.2) is 0 Å². The maximum Gasteiger partial charge on any atom is 0.329 e. The molecule has 0 aromatic carbocycles. The number of ether oxygens (including phenoxy) is 1. The van der Waals surface area contributed by atoms with Gasteiger partial charge >= 0.3 is 5.97 Å². The highest BCUT2D eigenvalue weighted by Crippen LogP contribution is 2.25. The van der Waals surface area contributed by atoms with Crippen LogP contribution in [-0.2, 0) is 14.3 Å². The number of piperidine rings is 1. The van der Waals surface area contributed by atoms with Gasteiger partial charge < -0.3 is 9.64 Å². The fourth-order valence-corrected chi connectivity index (χ4v) is 1.67. The molecule has 3 heterocycles. The van der Waals surface area contributed by atoms with Crippen LogP contribution in [0.5, 0.6) is 0 Å². The summed E-state index contributed by atoms with van der Waals surface area (Å²) in [6.45, 7) is 0.583. The molecule has 2 bridgehead atoms. The van der Waals surface area contributed by atoms with Crippen LogP contribution in [0.3, 0.4) is 0 Å². The second-order valence-electron chi connectivity index (χ2n) is 2.95. The van der Waals surface area contributed by atoms with Crippen LogP contribution in [0.1, 0.15) is 12.8 Å². The molecule has 11 heavy (non-hydrogen) atoms. The van der Waals surface area contributed by atoms with E-state index in [0.717, 1.165) is 19.3 Å². The standard InChI is InChI=1S/C7H9NO3/c9-4-8-3-5-1-2-6(8)7(10)11-5/h4-6H,1-3H2/t5-,6-/m0/s1. The summed E-state index contributed by atoms with van der Waals surface area (Å²) in [6, 6.07) is -0.294. The van der Waals surface area contributed by atoms with E-state index in [0.29, 0.717) is 6.54 Å². The molecule has 3 aliphatic rings. The molecule has 0 radical (unpaired) electrons. The summed E-state index contributed by atoms with van der Waals surface area (Å²) in [5.41, 5.74) is 0. The van der Waals surface area contributed by atoms with Gasteiger partial charge in [-0.05, 0) is 12.8 Å². The maximum atomic E-state index is 11.0. The molecule has 0 aliphatic carbocycles. The normalized spacial score (nSPS) is 35.3. The first kappa shape index (κ1) is 6.64. The zero-order chi connectivity index (χ0) is 7.84. The highest BCUT2D eigenvalue weighted by atomic mass is 16.6. The predicted molar refractivity (Wildman–Crippen MR) is 35.7 cm³/mol. The highest BCUT2D eigenvalue weighted by molar-refractivity contribution is 5.80. The number of morpholine rings is 1. The summed E-state index contributed by atoms with van der Waals surface area (Å²) >= 11 is 0. The molecule has 0 saturated carbocycles. The van der Waals surface area contributed by atoms with Crippen LogP contribution in [0.2, 0.25) is 0 Å². The van der Waals surface area contributed by atoms with E-state index in [4.69, 9.17) is 4.74 Å². The lowest BCUT2D eigenvalue weighted by Gasteiger charge is -2.41. The van der Waals surface area contributed by atoms with E-state index in [1.165, 1.54) is 4.90 Å². The Kier molecular flexibility index (Phi) is 1.34. The first-order chi connectivity index (χ1) is 5.31. The summed E-state index contributed by atoms with van der Waals surface area (Å²) in [5.74, 6) is -0.236. The smallest absolute Gasteiger partial charge is 0.329 e. The third-order valence-electron chi connectivity index (χ3n) is 2.27. The molecule has 0 spiro atoms. The second-order valence-corrected chi connectivity index (χ2v) is 2.95. The number of carbonyl (C=O) groups excluding carboxylic acids is 2. The minimum Gasteiger partial charge on any atom is -0.459 e. The zero-order valence-electron chi connectivity index (χ0n) is 6.03. The Morgan fingerprint density at radius 3 is 2.82 bits per heavy atom. The number of carbonyl (C=O) groups is 2. The van der Waals surface area contributed by atoms with E-state index in [9.17, 15) is 9.59 Å². The summed E-state index contributed by atoms with van der Waals surface area (Å²) in [5, 5.41) is 0. The monoisotopic (exact) mass is 155 g/mol. The Morgan fingerprint density at radius 2 is 2.36 bits per heavy atom. The van der Waals surface area contributed by atoms with Gasteiger partial charge in [0.1, 0.15) is 12.1 Å². The number of esters is 1. The molecule has 3 saturated heterocycles. The highest BCUT2D eigenvalue weighted by Gasteiger charge is 2.40. The van der Waals surface area contributed by atoms with Crippen molar-refractivity contribution in [1.29, 1.82) is 0 Å². The average molecular weight is 155 g/mol. The quantitative estimate of drug-likeness (QED) is 0.380. The van der Waals surface area contributed by atoms with Crippen molar-refractivity contribution < 1.29 is 14.3 Å². The van der Waals surface area contributed by atoms with Crippen molar-refractivity contribution in [3.8, 4) is 0 Å². The SMILES string of the molecule is O=CN1C[C@@H]2CC[C@H]1C(=O)O2. The number of hydrogen-bond donors (Lipinski definition) is 0. The lowest BCUT2D eigenvalue weighted by Crippen LogP contribution is -2.56. The van der Waals surface area contributed by atoms with Crippen LogP contribution in [-0.4, -0.2) is 36.0 Å². The Morgan fingerprint density at radius 1 is 1.55 bits per heavy atom. The largest absolute Gasteiger partial charge is 0.459 e. The Labute approximate surface area is 64.1 Å². The van der Waals surface area contributed by atoms with Gasteiger partial charge in [-0.2, -0.15) is 0 Å². The lowest BCUT2D eigenvalue weighted by molar-refractivity contribution is -0.177. The van der Waals surface area contributed by atoms with E-state index >= 15 is 0 Å². The Balaban J connectivity index is 2.19. The first-order valence-electron chi connectivity index (χ1n) is 3.73. The van der Waals surface area contributed by atoms with Gasteiger partial charge in [0, 0.05) is 0 Å². The molecule has 0 aromatic heterocycles. The summed E-state index contributed by atoms with van der Waals surface area (Å²) in [4.78, 5) is 22.9. The van der Waals surface area contributed by atoms with Gasteiger partial charge in [0.2, 0.25) is 6.41 Å². The van der Waals surface area contributed by atoms with Crippen LogP contribution >= 0.6 is 0 Å². The third-order valence-corrected chi connectivity index (χ3v) is 2.27. The fourth-order valence-electron chi connectivity index (χ4n) is 1.67. The average Bonchev–Trinajstić information content (AvgIpc) is 2.04. The second kappa shape index (κ2) is 2.22. The number of amides is 1. The summed E-state index contributed by atoms with van der Waals surface area (Å²) in [6.07, 6.45) is 2.36. The van der Waals surface area contributed by atoms with E-state index in [2.05, 4.69) is 0 Å². The third kappa shape index (κ3) is 0.895. The lowest BCUT2D eigenvalue weighted by atomic mass is 9.97. The van der Waals surface area contributed by atoms with Crippen molar-refractivity contribution in [3.63, 3.8) is 0 Å². The van der Waals surface area contributed by atoms with Crippen molar-refractivity contribution in [3.05, 3.63) is 0 Å². The van der Waals surface area contributed by atoms with E-state index < -0.39 is 0 Å². The van der Waals surface area contributed by atoms with Gasteiger partial charge in [-0.15, -0.1) is 0 Å². The minimum atomic E-state index is -0.294. The van der Waals surface area contributed by atoms with Crippen molar-refractivity contribution in [2.24, 2.45) is 0 Å². The van der Waals surface area contributed by atoms with E-state index in [1.807, 2.05) is 0 Å². The summed E-state index contributed by atoms with van der Waals surface area (Å²) in [7, 11) is 0. The first-order valence-corrected chi connectivity index (χ1v) is 3.73. The Hall–Kier alpha value is -1.06. The van der Waals surface area contributed by atoms with Gasteiger partial charge in [-0.25, -0.2) is 4.79 Å². The molecule has 4 heteroatoms. The van der Waals surface area contributed by atoms with Gasteiger partial charge in [-0.3, -0.25) is 4.79 Å². The Bertz CT molecular complexity index is 204. The summed E-state index contributed by atoms with van der Waals surface area (Å²) < 4.78 is 4.98. The molecule has 60 valence electrons. The van der Waals surface area contributed by atoms with Crippen molar-refractivity contribution in [2.75, 3.05) is 6.54 Å². The fraction of sp³-hybridized carbons (Fsp3) is 0.714. The van der Waals surface area contributed by atoms with Gasteiger partial charge in [0.05, 0.1) is 6.54 Å². The van der Waals surface area contributed by atoms with E-state index in [1.54, 1.807) is 0 Å². The maximum absolute atomic E-state index is 11.0. The van der Waals surface area contributed by atoms with Crippen LogP contribution in [0.25, 0.3) is 0 Å². The molecular formula is C7H9NO3. The topological polar surface area (TPSA) is 46.6 Å². The van der Waals surface area contributed by atoms with E-state index in [-0.39, 0.29) is 18.1 Å². The molecule has 0 unspecified atom stereocenters. The van der Waals surface area contributed by atoms with Crippen molar-refractivity contribution in [1.82, 2.24) is 4.90 Å². The van der Waals surface area contributed by atoms with Crippen molar-refractivity contribution in [2.45, 2.75) is 25.0 Å². The number of rotatable bonds is 1. The van der Waals surface area contributed by atoms with Crippen molar-refractivity contribution >= 4 is 12.4 Å². The number of hydrogen-bond acceptors (Lipinski definition) is 3. The number of fused-ring (bicyclic) bond motifs is 3. The molecule has 3 aliphatic heterocycles. The molecule has 4 nitrogen and oxygen atoms in total. The zero-order valence-corrected chi connectivity index (χ0v) is 6.03. The molecule has 3 rings (SSSR count). The van der Waals surface area contributed by atoms with Gasteiger partial charge in [0.15, 0.2) is 0 Å². The van der Waals surface area contributed by atoms with Crippen LogP contribution in [0, 0.1) is 0 Å². The molecule has 2 atom stereocenters. The molecule has 0 aromatic rings. The predicted octanol–water partition coefficient (Wildman–Crippen LogP) is -0.467. The molecule has 1 amide bonds. The van der Waals surface area contributed by atoms with Crippen LogP contribution < -0.4 is 0 Å². The molecule has 0 N–H and O–H groups in total.